The minimum absolute atomic E-state index is 0.0815. The van der Waals surface area contributed by atoms with Crippen molar-refractivity contribution in [1.29, 1.82) is 0 Å². The SMILES string of the molecule is O=C1C[C@@H](O)C[C@H](/C=C/C2=C(c3ccc(F)cc3)CC3CCC2C3)O1. The fourth-order valence-electron chi connectivity index (χ4n) is 4.51. The lowest BCUT2D eigenvalue weighted by molar-refractivity contribution is -0.156. The summed E-state index contributed by atoms with van der Waals surface area (Å²) in [4.78, 5) is 11.5. The van der Waals surface area contributed by atoms with Gasteiger partial charge in [-0.2, -0.15) is 0 Å². The number of ether oxygens (including phenoxy) is 1. The third-order valence-corrected chi connectivity index (χ3v) is 5.69. The number of halogens is 1. The summed E-state index contributed by atoms with van der Waals surface area (Å²) in [5.41, 5.74) is 3.66. The maximum atomic E-state index is 13.3. The maximum absolute atomic E-state index is 13.3. The van der Waals surface area contributed by atoms with Gasteiger partial charge in [0.25, 0.3) is 0 Å². The van der Waals surface area contributed by atoms with E-state index in [4.69, 9.17) is 4.74 Å². The van der Waals surface area contributed by atoms with E-state index in [2.05, 4.69) is 6.08 Å². The van der Waals surface area contributed by atoms with Crippen molar-refractivity contribution in [3.05, 3.63) is 53.4 Å². The maximum Gasteiger partial charge on any atom is 0.309 e. The minimum atomic E-state index is -0.622. The van der Waals surface area contributed by atoms with Gasteiger partial charge in [-0.3, -0.25) is 4.79 Å². The first kappa shape index (κ1) is 16.5. The van der Waals surface area contributed by atoms with Gasteiger partial charge in [-0.05, 0) is 72.4 Å². The molecule has 1 heterocycles. The number of aliphatic hydroxyl groups is 1. The van der Waals surface area contributed by atoms with Gasteiger partial charge in [0, 0.05) is 6.42 Å². The summed E-state index contributed by atoms with van der Waals surface area (Å²) >= 11 is 0. The van der Waals surface area contributed by atoms with E-state index in [1.54, 1.807) is 0 Å². The number of aliphatic hydroxyl groups excluding tert-OH is 1. The van der Waals surface area contributed by atoms with Gasteiger partial charge in [0.05, 0.1) is 12.5 Å². The molecule has 0 radical (unpaired) electrons. The second-order valence-corrected chi connectivity index (χ2v) is 7.50. The van der Waals surface area contributed by atoms with E-state index in [-0.39, 0.29) is 24.3 Å². The van der Waals surface area contributed by atoms with Crippen LogP contribution in [0.5, 0.6) is 0 Å². The van der Waals surface area contributed by atoms with Gasteiger partial charge in [0.15, 0.2) is 0 Å². The molecule has 1 aliphatic heterocycles. The van der Waals surface area contributed by atoms with Crippen molar-refractivity contribution in [3.8, 4) is 0 Å². The number of hydrogen-bond acceptors (Lipinski definition) is 3. The molecule has 4 atom stereocenters. The number of hydrogen-bond donors (Lipinski definition) is 1. The lowest BCUT2D eigenvalue weighted by Crippen LogP contribution is -2.31. The van der Waals surface area contributed by atoms with Crippen LogP contribution < -0.4 is 0 Å². The molecule has 0 spiro atoms. The van der Waals surface area contributed by atoms with Crippen molar-refractivity contribution in [2.75, 3.05) is 0 Å². The number of cyclic esters (lactones) is 1. The van der Waals surface area contributed by atoms with Crippen molar-refractivity contribution in [3.63, 3.8) is 0 Å². The molecule has 132 valence electrons. The van der Waals surface area contributed by atoms with E-state index in [1.165, 1.54) is 42.5 Å². The fraction of sp³-hybridized carbons (Fsp3) is 0.476. The third-order valence-electron chi connectivity index (χ3n) is 5.69. The van der Waals surface area contributed by atoms with Gasteiger partial charge in [0.2, 0.25) is 0 Å². The Bertz CT molecular complexity index is 719. The average molecular weight is 342 g/mol. The zero-order valence-corrected chi connectivity index (χ0v) is 14.2. The first-order chi connectivity index (χ1) is 12.1. The molecule has 1 saturated heterocycles. The van der Waals surface area contributed by atoms with Crippen LogP contribution in [-0.2, 0) is 9.53 Å². The zero-order chi connectivity index (χ0) is 17.4. The van der Waals surface area contributed by atoms with Crippen LogP contribution in [0.3, 0.4) is 0 Å². The first-order valence-electron chi connectivity index (χ1n) is 9.13. The van der Waals surface area contributed by atoms with Crippen LogP contribution in [0.1, 0.15) is 44.1 Å². The van der Waals surface area contributed by atoms with Crippen molar-refractivity contribution < 1.29 is 19.0 Å². The summed E-state index contributed by atoms with van der Waals surface area (Å²) in [5, 5.41) is 9.77. The van der Waals surface area contributed by atoms with E-state index < -0.39 is 6.10 Å². The van der Waals surface area contributed by atoms with Gasteiger partial charge in [0.1, 0.15) is 11.9 Å². The van der Waals surface area contributed by atoms with Crippen LogP contribution in [0, 0.1) is 17.7 Å². The van der Waals surface area contributed by atoms with Crippen molar-refractivity contribution in [2.24, 2.45) is 11.8 Å². The Kier molecular flexibility index (Phi) is 4.46. The molecule has 1 aromatic rings. The number of fused-ring (bicyclic) bond motifs is 2. The zero-order valence-electron chi connectivity index (χ0n) is 14.2. The summed E-state index contributed by atoms with van der Waals surface area (Å²) in [6.45, 7) is 0. The molecule has 0 amide bonds. The number of esters is 1. The number of carbonyl (C=O) groups excluding carboxylic acids is 1. The molecule has 4 heteroatoms. The molecule has 4 rings (SSSR count). The Hall–Kier alpha value is -1.94. The van der Waals surface area contributed by atoms with Crippen LogP contribution >= 0.6 is 0 Å². The first-order valence-corrected chi connectivity index (χ1v) is 9.13. The smallest absolute Gasteiger partial charge is 0.309 e. The Morgan fingerprint density at radius 2 is 1.92 bits per heavy atom. The van der Waals surface area contributed by atoms with Gasteiger partial charge < -0.3 is 9.84 Å². The molecule has 1 N–H and O–H groups in total. The van der Waals surface area contributed by atoms with Gasteiger partial charge in [-0.25, -0.2) is 4.39 Å². The lowest BCUT2D eigenvalue weighted by Gasteiger charge is -2.27. The number of rotatable bonds is 3. The van der Waals surface area contributed by atoms with Gasteiger partial charge >= 0.3 is 5.97 Å². The molecule has 1 aromatic carbocycles. The Morgan fingerprint density at radius 3 is 2.68 bits per heavy atom. The predicted octanol–water partition coefficient (Wildman–Crippen LogP) is 4.02. The Balaban J connectivity index is 1.64. The molecule has 3 aliphatic rings. The van der Waals surface area contributed by atoms with Crippen molar-refractivity contribution in [1.82, 2.24) is 0 Å². The minimum Gasteiger partial charge on any atom is -0.458 e. The number of benzene rings is 1. The van der Waals surface area contributed by atoms with Crippen LogP contribution in [0.25, 0.3) is 5.57 Å². The quantitative estimate of drug-likeness (QED) is 0.844. The van der Waals surface area contributed by atoms with E-state index >= 15 is 0 Å². The second kappa shape index (κ2) is 6.75. The average Bonchev–Trinajstić information content (AvgIpc) is 2.96. The molecule has 2 fully saturated rings. The summed E-state index contributed by atoms with van der Waals surface area (Å²) in [5.74, 6) is 0.685. The normalized spacial score (nSPS) is 32.3. The molecule has 1 saturated carbocycles. The van der Waals surface area contributed by atoms with Crippen molar-refractivity contribution >= 4 is 11.5 Å². The van der Waals surface area contributed by atoms with Crippen molar-refractivity contribution in [2.45, 2.75) is 50.7 Å². The highest BCUT2D eigenvalue weighted by molar-refractivity contribution is 5.73. The van der Waals surface area contributed by atoms with E-state index in [0.29, 0.717) is 12.3 Å². The molecule has 0 aromatic heterocycles. The van der Waals surface area contributed by atoms with Crippen LogP contribution in [0.2, 0.25) is 0 Å². The topological polar surface area (TPSA) is 46.5 Å². The van der Waals surface area contributed by atoms with E-state index in [9.17, 15) is 14.3 Å². The largest absolute Gasteiger partial charge is 0.458 e. The number of allylic oxidation sites excluding steroid dienone is 3. The molecular weight excluding hydrogens is 319 g/mol. The Labute approximate surface area is 147 Å². The highest BCUT2D eigenvalue weighted by Gasteiger charge is 2.34. The lowest BCUT2D eigenvalue weighted by atomic mass is 9.80. The standard InChI is InChI=1S/C21H23FO3/c22-16-5-3-14(4-6-16)20-10-13-1-2-15(9-13)19(20)8-7-18-11-17(23)12-21(24)25-18/h3-8,13,15,17-18,23H,1-2,9-12H2/b8-7+/t13?,15?,17-,18-/m0/s1. The third kappa shape index (κ3) is 3.54. The molecule has 2 aliphatic carbocycles. The van der Waals surface area contributed by atoms with Crippen LogP contribution in [0.4, 0.5) is 4.39 Å². The molecule has 2 bridgehead atoms. The monoisotopic (exact) mass is 342 g/mol. The predicted molar refractivity (Wildman–Crippen MR) is 93.0 cm³/mol. The summed E-state index contributed by atoms with van der Waals surface area (Å²) in [6, 6.07) is 6.74. The molecule has 3 nitrogen and oxygen atoms in total. The number of carbonyl (C=O) groups is 1. The second-order valence-electron chi connectivity index (χ2n) is 7.50. The summed E-state index contributed by atoms with van der Waals surface area (Å²) in [6.07, 6.45) is 8.20. The van der Waals surface area contributed by atoms with Crippen LogP contribution in [-0.4, -0.2) is 23.3 Å². The highest BCUT2D eigenvalue weighted by Crippen LogP contribution is 2.48. The highest BCUT2D eigenvalue weighted by atomic mass is 19.1. The van der Waals surface area contributed by atoms with E-state index in [0.717, 1.165) is 17.9 Å². The fourth-order valence-corrected chi connectivity index (χ4v) is 4.51. The van der Waals surface area contributed by atoms with Gasteiger partial charge in [-0.15, -0.1) is 0 Å². The van der Waals surface area contributed by atoms with Crippen LogP contribution in [0.15, 0.2) is 42.0 Å². The molecular formula is C21H23FO3. The molecule has 25 heavy (non-hydrogen) atoms. The summed E-state index contributed by atoms with van der Waals surface area (Å²) < 4.78 is 18.6. The summed E-state index contributed by atoms with van der Waals surface area (Å²) in [7, 11) is 0. The van der Waals surface area contributed by atoms with E-state index in [1.807, 2.05) is 18.2 Å². The molecule has 2 unspecified atom stereocenters. The Morgan fingerprint density at radius 1 is 1.12 bits per heavy atom. The van der Waals surface area contributed by atoms with Gasteiger partial charge in [-0.1, -0.05) is 18.2 Å².